The van der Waals surface area contributed by atoms with Gasteiger partial charge in [-0.3, -0.25) is 0 Å². The average molecular weight is 235 g/mol. The standard InChI is InChI=1S/C15H25NO/c1-3-4-5-6-10-13-16(2,17)14-15-11-8-7-9-12-15/h7-9,11-12H,3-6,10,13-14H2,1-2H3. The largest absolute Gasteiger partial charge is 0.633 e. The second-order valence-corrected chi connectivity index (χ2v) is 5.08. The summed E-state index contributed by atoms with van der Waals surface area (Å²) in [5, 5.41) is 12.2. The van der Waals surface area contributed by atoms with Crippen molar-refractivity contribution in [3.05, 3.63) is 41.1 Å². The van der Waals surface area contributed by atoms with E-state index in [0.29, 0.717) is 6.54 Å². The summed E-state index contributed by atoms with van der Waals surface area (Å²) in [6.07, 6.45) is 6.06. The van der Waals surface area contributed by atoms with Gasteiger partial charge >= 0.3 is 0 Å². The highest BCUT2D eigenvalue weighted by Gasteiger charge is 2.10. The molecule has 0 heterocycles. The molecule has 17 heavy (non-hydrogen) atoms. The van der Waals surface area contributed by atoms with Crippen molar-refractivity contribution in [3.63, 3.8) is 0 Å². The third kappa shape index (κ3) is 6.44. The number of rotatable bonds is 8. The Labute approximate surface area is 105 Å². The lowest BCUT2D eigenvalue weighted by atomic mass is 10.1. The van der Waals surface area contributed by atoms with E-state index < -0.39 is 0 Å². The molecule has 1 rings (SSSR count). The number of quaternary nitrogens is 1. The number of nitrogens with zero attached hydrogens (tertiary/aromatic N) is 1. The topological polar surface area (TPSA) is 23.1 Å². The lowest BCUT2D eigenvalue weighted by Gasteiger charge is -2.38. The molecule has 1 atom stereocenters. The van der Waals surface area contributed by atoms with Crippen LogP contribution in [0.4, 0.5) is 0 Å². The predicted molar refractivity (Wildman–Crippen MR) is 73.3 cm³/mol. The zero-order valence-corrected chi connectivity index (χ0v) is 11.2. The fourth-order valence-corrected chi connectivity index (χ4v) is 2.10. The predicted octanol–water partition coefficient (Wildman–Crippen LogP) is 4.10. The van der Waals surface area contributed by atoms with Crippen LogP contribution in [0.5, 0.6) is 0 Å². The minimum Gasteiger partial charge on any atom is -0.633 e. The van der Waals surface area contributed by atoms with Crippen LogP contribution in [0.15, 0.2) is 30.3 Å². The monoisotopic (exact) mass is 235 g/mol. The minimum absolute atomic E-state index is 0.143. The number of benzene rings is 1. The second kappa shape index (κ2) is 7.46. The molecule has 0 radical (unpaired) electrons. The van der Waals surface area contributed by atoms with Crippen molar-refractivity contribution in [2.75, 3.05) is 13.6 Å². The molecule has 0 spiro atoms. The highest BCUT2D eigenvalue weighted by Crippen LogP contribution is 2.12. The van der Waals surface area contributed by atoms with E-state index >= 15 is 0 Å². The van der Waals surface area contributed by atoms with Gasteiger partial charge in [0.25, 0.3) is 0 Å². The number of unbranched alkanes of at least 4 members (excludes halogenated alkanes) is 4. The van der Waals surface area contributed by atoms with E-state index in [9.17, 15) is 5.21 Å². The molecule has 1 aromatic carbocycles. The van der Waals surface area contributed by atoms with Gasteiger partial charge in [0.2, 0.25) is 0 Å². The first kappa shape index (κ1) is 14.2. The summed E-state index contributed by atoms with van der Waals surface area (Å²) in [4.78, 5) is 0. The zero-order chi connectivity index (χ0) is 12.6. The van der Waals surface area contributed by atoms with Crippen LogP contribution in [-0.2, 0) is 6.54 Å². The normalized spacial score (nSPS) is 14.5. The molecule has 0 bridgehead atoms. The molecule has 0 saturated heterocycles. The number of hydroxylamine groups is 3. The van der Waals surface area contributed by atoms with Gasteiger partial charge < -0.3 is 9.85 Å². The summed E-state index contributed by atoms with van der Waals surface area (Å²) in [7, 11) is 1.78. The van der Waals surface area contributed by atoms with Gasteiger partial charge in [0.05, 0.1) is 13.6 Å². The Bertz CT molecular complexity index is 295. The molecule has 2 nitrogen and oxygen atoms in total. The van der Waals surface area contributed by atoms with E-state index in [2.05, 4.69) is 6.92 Å². The van der Waals surface area contributed by atoms with Crippen molar-refractivity contribution in [1.29, 1.82) is 0 Å². The molecule has 0 aliphatic carbocycles. The Morgan fingerprint density at radius 2 is 1.65 bits per heavy atom. The summed E-state index contributed by atoms with van der Waals surface area (Å²) < 4.78 is -0.143. The molecular weight excluding hydrogens is 210 g/mol. The van der Waals surface area contributed by atoms with E-state index in [1.165, 1.54) is 25.7 Å². The Hall–Kier alpha value is -0.860. The summed E-state index contributed by atoms with van der Waals surface area (Å²) >= 11 is 0. The van der Waals surface area contributed by atoms with Gasteiger partial charge in [0.15, 0.2) is 0 Å². The first-order chi connectivity index (χ1) is 8.14. The van der Waals surface area contributed by atoms with E-state index in [0.717, 1.165) is 18.5 Å². The Kier molecular flexibility index (Phi) is 6.23. The van der Waals surface area contributed by atoms with Gasteiger partial charge in [-0.15, -0.1) is 0 Å². The van der Waals surface area contributed by atoms with Crippen LogP contribution in [0, 0.1) is 5.21 Å². The molecule has 0 aliphatic rings. The smallest absolute Gasteiger partial charge is 0.104 e. The average Bonchev–Trinajstić information content (AvgIpc) is 2.29. The summed E-state index contributed by atoms with van der Waals surface area (Å²) in [6, 6.07) is 10.0. The Morgan fingerprint density at radius 1 is 1.00 bits per heavy atom. The van der Waals surface area contributed by atoms with E-state index in [1.54, 1.807) is 7.05 Å². The van der Waals surface area contributed by atoms with Crippen molar-refractivity contribution >= 4 is 0 Å². The lowest BCUT2D eigenvalue weighted by Crippen LogP contribution is -2.37. The second-order valence-electron chi connectivity index (χ2n) is 5.08. The van der Waals surface area contributed by atoms with Gasteiger partial charge in [-0.1, -0.05) is 56.5 Å². The van der Waals surface area contributed by atoms with Crippen LogP contribution in [0.3, 0.4) is 0 Å². The molecule has 1 unspecified atom stereocenters. The Morgan fingerprint density at radius 3 is 2.29 bits per heavy atom. The molecule has 0 amide bonds. The van der Waals surface area contributed by atoms with Crippen molar-refractivity contribution in [3.8, 4) is 0 Å². The Balaban J connectivity index is 2.26. The van der Waals surface area contributed by atoms with Crippen LogP contribution < -0.4 is 0 Å². The van der Waals surface area contributed by atoms with Gasteiger partial charge in [-0.25, -0.2) is 0 Å². The third-order valence-corrected chi connectivity index (χ3v) is 3.09. The summed E-state index contributed by atoms with van der Waals surface area (Å²) in [5.41, 5.74) is 1.14. The summed E-state index contributed by atoms with van der Waals surface area (Å²) in [5.74, 6) is 0. The fraction of sp³-hybridized carbons (Fsp3) is 0.600. The third-order valence-electron chi connectivity index (χ3n) is 3.09. The maximum absolute atomic E-state index is 12.2. The molecule has 0 aliphatic heterocycles. The van der Waals surface area contributed by atoms with Gasteiger partial charge in [0, 0.05) is 5.56 Å². The van der Waals surface area contributed by atoms with E-state index in [4.69, 9.17) is 0 Å². The minimum atomic E-state index is -0.143. The molecule has 0 fully saturated rings. The molecule has 2 heteroatoms. The van der Waals surface area contributed by atoms with Crippen molar-refractivity contribution in [2.24, 2.45) is 0 Å². The first-order valence-electron chi connectivity index (χ1n) is 6.73. The molecule has 0 saturated carbocycles. The molecular formula is C15H25NO. The van der Waals surface area contributed by atoms with Gasteiger partial charge in [0.1, 0.15) is 6.54 Å². The molecule has 0 N–H and O–H groups in total. The van der Waals surface area contributed by atoms with Gasteiger partial charge in [-0.2, -0.15) is 0 Å². The quantitative estimate of drug-likeness (QED) is 0.378. The number of hydrogen-bond acceptors (Lipinski definition) is 1. The van der Waals surface area contributed by atoms with E-state index in [-0.39, 0.29) is 4.65 Å². The van der Waals surface area contributed by atoms with Crippen molar-refractivity contribution in [2.45, 2.75) is 45.6 Å². The lowest BCUT2D eigenvalue weighted by molar-refractivity contribution is -0.874. The van der Waals surface area contributed by atoms with E-state index in [1.807, 2.05) is 30.3 Å². The highest BCUT2D eigenvalue weighted by atomic mass is 16.5. The van der Waals surface area contributed by atoms with Gasteiger partial charge in [-0.05, 0) is 12.8 Å². The van der Waals surface area contributed by atoms with Crippen LogP contribution in [0.25, 0.3) is 0 Å². The maximum Gasteiger partial charge on any atom is 0.104 e. The summed E-state index contributed by atoms with van der Waals surface area (Å²) in [6.45, 7) is 3.54. The van der Waals surface area contributed by atoms with Crippen molar-refractivity contribution < 1.29 is 4.65 Å². The first-order valence-corrected chi connectivity index (χ1v) is 6.73. The molecule has 0 aromatic heterocycles. The SMILES string of the molecule is CCCCCCC[N+](C)([O-])Cc1ccccc1. The molecule has 96 valence electrons. The van der Waals surface area contributed by atoms with Crippen LogP contribution in [0.2, 0.25) is 0 Å². The number of hydrogen-bond donors (Lipinski definition) is 0. The van der Waals surface area contributed by atoms with Crippen molar-refractivity contribution in [1.82, 2.24) is 0 Å². The van der Waals surface area contributed by atoms with Crippen LogP contribution in [-0.4, -0.2) is 18.2 Å². The zero-order valence-electron chi connectivity index (χ0n) is 11.2. The van der Waals surface area contributed by atoms with Crippen LogP contribution >= 0.6 is 0 Å². The molecule has 1 aromatic rings. The fourth-order valence-electron chi connectivity index (χ4n) is 2.10. The maximum atomic E-state index is 12.2. The highest BCUT2D eigenvalue weighted by molar-refractivity contribution is 5.13. The van der Waals surface area contributed by atoms with Crippen LogP contribution in [0.1, 0.15) is 44.6 Å².